The Balaban J connectivity index is 0.00000243. The Morgan fingerprint density at radius 2 is 2.19 bits per heavy atom. The van der Waals surface area contributed by atoms with Crippen LogP contribution in [0.5, 0.6) is 0 Å². The fourth-order valence-electron chi connectivity index (χ4n) is 3.03. The van der Waals surface area contributed by atoms with Gasteiger partial charge in [-0.1, -0.05) is 11.2 Å². The van der Waals surface area contributed by atoms with E-state index in [1.165, 1.54) is 30.8 Å². The van der Waals surface area contributed by atoms with Crippen LogP contribution in [-0.4, -0.2) is 47.2 Å². The van der Waals surface area contributed by atoms with Gasteiger partial charge in [0.15, 0.2) is 11.8 Å². The summed E-state index contributed by atoms with van der Waals surface area (Å²) in [5.74, 6) is 1.95. The maximum Gasteiger partial charge on any atom is 0.223 e. The zero-order chi connectivity index (χ0) is 17.5. The summed E-state index contributed by atoms with van der Waals surface area (Å²) in [6, 6.07) is 4.74. The van der Waals surface area contributed by atoms with Crippen molar-refractivity contribution in [3.05, 3.63) is 34.1 Å². The number of hydrogen-bond acceptors (Lipinski definition) is 6. The van der Waals surface area contributed by atoms with Crippen molar-refractivity contribution in [2.24, 2.45) is 4.99 Å². The number of rotatable bonds is 7. The lowest BCUT2D eigenvalue weighted by Crippen LogP contribution is -2.42. The Labute approximate surface area is 175 Å². The average Bonchev–Trinajstić information content (AvgIpc) is 3.36. The van der Waals surface area contributed by atoms with E-state index in [0.29, 0.717) is 24.3 Å². The second kappa shape index (κ2) is 10.8. The second-order valence-corrected chi connectivity index (χ2v) is 7.06. The van der Waals surface area contributed by atoms with Gasteiger partial charge in [0.05, 0.1) is 6.04 Å². The highest BCUT2D eigenvalue weighted by molar-refractivity contribution is 14.0. The Morgan fingerprint density at radius 1 is 1.38 bits per heavy atom. The molecule has 2 aromatic heterocycles. The number of aryl methyl sites for hydroxylation is 1. The summed E-state index contributed by atoms with van der Waals surface area (Å²) in [6.07, 6.45) is 2.57. The first kappa shape index (κ1) is 21.1. The molecule has 0 saturated carbocycles. The Bertz CT molecular complexity index is 669. The molecule has 1 fully saturated rings. The standard InChI is InChI=1S/C17H26N6OS.HI/c1-3-18-17(20-12-16-21-13(2)24-22-16)19-11-14(15-7-6-10-25-15)23-8-4-5-9-23;/h6-7,10,14H,3-5,8-9,11-12H2,1-2H3,(H2,18,19,20);1H. The monoisotopic (exact) mass is 490 g/mol. The molecule has 1 unspecified atom stereocenters. The number of aliphatic imine (C=N–C) groups is 1. The van der Waals surface area contributed by atoms with Gasteiger partial charge < -0.3 is 15.2 Å². The molecule has 9 heteroatoms. The molecule has 1 aliphatic heterocycles. The average molecular weight is 490 g/mol. The lowest BCUT2D eigenvalue weighted by molar-refractivity contribution is 0.249. The molecule has 0 spiro atoms. The topological polar surface area (TPSA) is 78.6 Å². The van der Waals surface area contributed by atoms with Crippen LogP contribution in [0.3, 0.4) is 0 Å². The van der Waals surface area contributed by atoms with Gasteiger partial charge in [-0.05, 0) is 44.3 Å². The molecule has 0 aliphatic carbocycles. The molecule has 0 radical (unpaired) electrons. The van der Waals surface area contributed by atoms with Gasteiger partial charge in [-0.3, -0.25) is 4.90 Å². The number of nitrogens with one attached hydrogen (secondary N) is 2. The molecule has 7 nitrogen and oxygen atoms in total. The van der Waals surface area contributed by atoms with E-state index < -0.39 is 0 Å². The van der Waals surface area contributed by atoms with Crippen molar-refractivity contribution in [2.75, 3.05) is 26.2 Å². The van der Waals surface area contributed by atoms with Crippen molar-refractivity contribution < 1.29 is 4.52 Å². The van der Waals surface area contributed by atoms with E-state index in [9.17, 15) is 0 Å². The number of nitrogens with zero attached hydrogens (tertiary/aromatic N) is 4. The first-order chi connectivity index (χ1) is 12.3. The highest BCUT2D eigenvalue weighted by Gasteiger charge is 2.24. The number of hydrogen-bond donors (Lipinski definition) is 2. The molecule has 3 rings (SSSR count). The van der Waals surface area contributed by atoms with Crippen LogP contribution >= 0.6 is 35.3 Å². The van der Waals surface area contributed by atoms with E-state index in [4.69, 9.17) is 4.52 Å². The molecule has 144 valence electrons. The van der Waals surface area contributed by atoms with Gasteiger partial charge in [-0.2, -0.15) is 4.98 Å². The summed E-state index contributed by atoms with van der Waals surface area (Å²) >= 11 is 1.82. The first-order valence-corrected chi connectivity index (χ1v) is 9.73. The largest absolute Gasteiger partial charge is 0.357 e. The molecule has 0 bridgehead atoms. The van der Waals surface area contributed by atoms with Crippen LogP contribution in [0.4, 0.5) is 0 Å². The fraction of sp³-hybridized carbons (Fsp3) is 0.588. The summed E-state index contributed by atoms with van der Waals surface area (Å²) in [6.45, 7) is 8.22. The molecule has 2 aromatic rings. The van der Waals surface area contributed by atoms with Crippen LogP contribution in [0.15, 0.2) is 27.0 Å². The molecule has 1 aliphatic rings. The molecule has 0 amide bonds. The van der Waals surface area contributed by atoms with E-state index in [0.717, 1.165) is 19.0 Å². The van der Waals surface area contributed by atoms with Gasteiger partial charge in [-0.25, -0.2) is 4.99 Å². The number of aromatic nitrogens is 2. The van der Waals surface area contributed by atoms with Crippen LogP contribution in [0.25, 0.3) is 0 Å². The molecular weight excluding hydrogens is 463 g/mol. The second-order valence-electron chi connectivity index (χ2n) is 6.08. The van der Waals surface area contributed by atoms with E-state index in [2.05, 4.69) is 55.1 Å². The molecule has 2 N–H and O–H groups in total. The smallest absolute Gasteiger partial charge is 0.223 e. The van der Waals surface area contributed by atoms with Crippen molar-refractivity contribution in [2.45, 2.75) is 39.3 Å². The van der Waals surface area contributed by atoms with E-state index in [1.807, 2.05) is 11.3 Å². The van der Waals surface area contributed by atoms with E-state index in [-0.39, 0.29) is 24.0 Å². The summed E-state index contributed by atoms with van der Waals surface area (Å²) in [7, 11) is 0. The maximum atomic E-state index is 4.99. The number of likely N-dealkylation sites (tertiary alicyclic amines) is 1. The summed E-state index contributed by atoms with van der Waals surface area (Å²) in [5, 5.41) is 12.8. The Morgan fingerprint density at radius 3 is 2.81 bits per heavy atom. The van der Waals surface area contributed by atoms with Gasteiger partial charge in [0.25, 0.3) is 0 Å². The lowest BCUT2D eigenvalue weighted by Gasteiger charge is -2.27. The van der Waals surface area contributed by atoms with Crippen molar-refractivity contribution >= 4 is 41.3 Å². The Kier molecular flexibility index (Phi) is 8.79. The minimum Gasteiger partial charge on any atom is -0.357 e. The van der Waals surface area contributed by atoms with Gasteiger partial charge in [-0.15, -0.1) is 35.3 Å². The maximum absolute atomic E-state index is 4.99. The molecule has 1 atom stereocenters. The van der Waals surface area contributed by atoms with Crippen molar-refractivity contribution in [3.8, 4) is 0 Å². The van der Waals surface area contributed by atoms with Crippen LogP contribution < -0.4 is 10.6 Å². The van der Waals surface area contributed by atoms with Crippen LogP contribution in [0, 0.1) is 6.92 Å². The highest BCUT2D eigenvalue weighted by atomic mass is 127. The Hall–Kier alpha value is -1.20. The predicted molar refractivity (Wildman–Crippen MR) is 115 cm³/mol. The minimum absolute atomic E-state index is 0. The number of guanidine groups is 1. The van der Waals surface area contributed by atoms with Gasteiger partial charge in [0.2, 0.25) is 5.89 Å². The van der Waals surface area contributed by atoms with Crippen LogP contribution in [-0.2, 0) is 6.54 Å². The normalized spacial score (nSPS) is 16.3. The molecule has 3 heterocycles. The summed E-state index contributed by atoms with van der Waals surface area (Å²) in [4.78, 5) is 12.7. The molecular formula is C17H27IN6OS. The quantitative estimate of drug-likeness (QED) is 0.353. The summed E-state index contributed by atoms with van der Waals surface area (Å²) < 4.78 is 4.99. The SMILES string of the molecule is CCNC(=NCc1noc(C)n1)NCC(c1cccs1)N1CCCC1.I. The minimum atomic E-state index is 0. The van der Waals surface area contributed by atoms with Crippen LogP contribution in [0.1, 0.15) is 42.4 Å². The van der Waals surface area contributed by atoms with Crippen molar-refractivity contribution in [1.29, 1.82) is 0 Å². The van der Waals surface area contributed by atoms with Gasteiger partial charge in [0, 0.05) is 24.9 Å². The molecule has 1 saturated heterocycles. The molecule has 0 aromatic carbocycles. The molecule has 26 heavy (non-hydrogen) atoms. The third-order valence-electron chi connectivity index (χ3n) is 4.21. The third-order valence-corrected chi connectivity index (χ3v) is 5.18. The highest BCUT2D eigenvalue weighted by Crippen LogP contribution is 2.27. The van der Waals surface area contributed by atoms with Crippen LogP contribution in [0.2, 0.25) is 0 Å². The number of halogens is 1. The van der Waals surface area contributed by atoms with Crippen molar-refractivity contribution in [1.82, 2.24) is 25.7 Å². The number of thiophene rings is 1. The first-order valence-electron chi connectivity index (χ1n) is 8.85. The fourth-order valence-corrected chi connectivity index (χ4v) is 3.90. The zero-order valence-corrected chi connectivity index (χ0v) is 18.4. The van der Waals surface area contributed by atoms with Gasteiger partial charge >= 0.3 is 0 Å². The van der Waals surface area contributed by atoms with Crippen molar-refractivity contribution in [3.63, 3.8) is 0 Å². The summed E-state index contributed by atoms with van der Waals surface area (Å²) in [5.41, 5.74) is 0. The van der Waals surface area contributed by atoms with Gasteiger partial charge in [0.1, 0.15) is 6.54 Å². The third kappa shape index (κ3) is 5.92. The predicted octanol–water partition coefficient (Wildman–Crippen LogP) is 2.95. The lowest BCUT2D eigenvalue weighted by atomic mass is 10.2. The zero-order valence-electron chi connectivity index (χ0n) is 15.3. The van der Waals surface area contributed by atoms with E-state index in [1.54, 1.807) is 6.92 Å². The van der Waals surface area contributed by atoms with E-state index >= 15 is 0 Å².